The predicted octanol–water partition coefficient (Wildman–Crippen LogP) is 4.22. The average Bonchev–Trinajstić information content (AvgIpc) is 3.02. The maximum atomic E-state index is 12.9. The number of nitro benzene ring substituents is 1. The number of hydrogen-bond acceptors (Lipinski definition) is 6. The molecule has 1 aliphatic heterocycles. The van der Waals surface area contributed by atoms with E-state index in [1.54, 1.807) is 24.3 Å². The molecular formula is C23H24N2O6. The Bertz CT molecular complexity index is 1050. The minimum Gasteiger partial charge on any atom is -0.507 e. The van der Waals surface area contributed by atoms with Crippen molar-refractivity contribution in [1.29, 1.82) is 0 Å². The number of likely N-dealkylation sites (tertiary alicyclic amines) is 1. The van der Waals surface area contributed by atoms with Gasteiger partial charge in [-0.15, -0.1) is 0 Å². The molecule has 8 nitrogen and oxygen atoms in total. The number of rotatable bonds is 8. The summed E-state index contributed by atoms with van der Waals surface area (Å²) in [5.74, 6) is -1.37. The first kappa shape index (κ1) is 22.0. The van der Waals surface area contributed by atoms with Crippen molar-refractivity contribution in [3.63, 3.8) is 0 Å². The Morgan fingerprint density at radius 2 is 1.87 bits per heavy atom. The molecule has 0 aliphatic carbocycles. The van der Waals surface area contributed by atoms with Gasteiger partial charge in [-0.05, 0) is 30.5 Å². The first-order chi connectivity index (χ1) is 14.9. The van der Waals surface area contributed by atoms with Crippen LogP contribution in [0, 0.1) is 10.1 Å². The van der Waals surface area contributed by atoms with Crippen LogP contribution in [0.5, 0.6) is 5.75 Å². The average molecular weight is 424 g/mol. The fraction of sp³-hybridized carbons (Fsp3) is 0.304. The number of carbonyl (C=O) groups is 2. The summed E-state index contributed by atoms with van der Waals surface area (Å²) in [4.78, 5) is 37.6. The SMILES string of the molecule is CCCOc1cccc(C2/C(=C(/O)c3cccc([N+](=O)[O-])c3)C(=O)C(=O)N2CCC)c1. The zero-order valence-corrected chi connectivity index (χ0v) is 17.4. The van der Waals surface area contributed by atoms with Crippen LogP contribution in [0.2, 0.25) is 0 Å². The Morgan fingerprint density at radius 1 is 1.13 bits per heavy atom. The van der Waals surface area contributed by atoms with Crippen molar-refractivity contribution in [2.75, 3.05) is 13.2 Å². The Morgan fingerprint density at radius 3 is 2.55 bits per heavy atom. The molecule has 8 heteroatoms. The first-order valence-corrected chi connectivity index (χ1v) is 10.1. The van der Waals surface area contributed by atoms with E-state index in [1.807, 2.05) is 13.8 Å². The van der Waals surface area contributed by atoms with E-state index in [0.717, 1.165) is 6.42 Å². The zero-order chi connectivity index (χ0) is 22.5. The molecule has 0 saturated carbocycles. The minimum absolute atomic E-state index is 0.0911. The second-order valence-corrected chi connectivity index (χ2v) is 7.22. The number of carbonyl (C=O) groups excluding carboxylic acids is 2. The molecule has 0 bridgehead atoms. The van der Waals surface area contributed by atoms with Gasteiger partial charge < -0.3 is 14.7 Å². The summed E-state index contributed by atoms with van der Waals surface area (Å²) in [7, 11) is 0. The fourth-order valence-corrected chi connectivity index (χ4v) is 3.61. The lowest BCUT2D eigenvalue weighted by Crippen LogP contribution is -2.30. The minimum atomic E-state index is -0.817. The van der Waals surface area contributed by atoms with Crippen molar-refractivity contribution < 1.29 is 24.4 Å². The van der Waals surface area contributed by atoms with E-state index in [0.29, 0.717) is 30.9 Å². The highest BCUT2D eigenvalue weighted by Crippen LogP contribution is 2.40. The third-order valence-electron chi connectivity index (χ3n) is 4.98. The van der Waals surface area contributed by atoms with Crippen molar-refractivity contribution in [3.05, 3.63) is 75.3 Å². The molecule has 31 heavy (non-hydrogen) atoms. The molecule has 0 radical (unpaired) electrons. The number of aliphatic hydroxyl groups excluding tert-OH is 1. The Hall–Kier alpha value is -3.68. The number of nitrogens with zero attached hydrogens (tertiary/aromatic N) is 2. The van der Waals surface area contributed by atoms with Crippen LogP contribution < -0.4 is 4.74 Å². The van der Waals surface area contributed by atoms with Gasteiger partial charge in [0.1, 0.15) is 11.5 Å². The maximum Gasteiger partial charge on any atom is 0.295 e. The number of amides is 1. The molecule has 2 aromatic rings. The largest absolute Gasteiger partial charge is 0.507 e. The zero-order valence-electron chi connectivity index (χ0n) is 17.4. The standard InChI is InChI=1S/C23H24N2O6/c1-3-11-24-20(15-7-6-10-18(14-15)31-12-4-2)19(22(27)23(24)28)21(26)16-8-5-9-17(13-16)25(29)30/h5-10,13-14,20,26H,3-4,11-12H2,1-2H3/b21-19-. The van der Waals surface area contributed by atoms with Gasteiger partial charge in [0.05, 0.1) is 23.1 Å². The number of hydrogen-bond donors (Lipinski definition) is 1. The molecule has 2 aromatic carbocycles. The lowest BCUT2D eigenvalue weighted by molar-refractivity contribution is -0.384. The maximum absolute atomic E-state index is 12.9. The molecule has 1 atom stereocenters. The highest BCUT2D eigenvalue weighted by atomic mass is 16.6. The van der Waals surface area contributed by atoms with E-state index in [4.69, 9.17) is 4.74 Å². The molecule has 1 aliphatic rings. The molecule has 3 rings (SSSR count). The van der Waals surface area contributed by atoms with Crippen molar-refractivity contribution in [1.82, 2.24) is 4.90 Å². The Labute approximate surface area is 179 Å². The second kappa shape index (κ2) is 9.42. The van der Waals surface area contributed by atoms with Gasteiger partial charge in [0.15, 0.2) is 0 Å². The van der Waals surface area contributed by atoms with E-state index in [1.165, 1.54) is 29.2 Å². The van der Waals surface area contributed by atoms with Crippen LogP contribution in [0.25, 0.3) is 5.76 Å². The van der Waals surface area contributed by atoms with Crippen LogP contribution in [0.4, 0.5) is 5.69 Å². The highest BCUT2D eigenvalue weighted by Gasteiger charge is 2.45. The van der Waals surface area contributed by atoms with Crippen LogP contribution >= 0.6 is 0 Å². The van der Waals surface area contributed by atoms with E-state index < -0.39 is 28.4 Å². The van der Waals surface area contributed by atoms with Crippen molar-refractivity contribution in [2.24, 2.45) is 0 Å². The summed E-state index contributed by atoms with van der Waals surface area (Å²) in [5.41, 5.74) is 0.408. The van der Waals surface area contributed by atoms with Gasteiger partial charge in [0, 0.05) is 24.2 Å². The van der Waals surface area contributed by atoms with Crippen molar-refractivity contribution in [2.45, 2.75) is 32.7 Å². The van der Waals surface area contributed by atoms with Crippen molar-refractivity contribution >= 4 is 23.1 Å². The second-order valence-electron chi connectivity index (χ2n) is 7.22. The summed E-state index contributed by atoms with van der Waals surface area (Å²) in [6, 6.07) is 11.6. The molecule has 1 saturated heterocycles. The molecule has 1 fully saturated rings. The molecule has 162 valence electrons. The number of ether oxygens (including phenoxy) is 1. The quantitative estimate of drug-likeness (QED) is 0.223. The fourth-order valence-electron chi connectivity index (χ4n) is 3.61. The van der Waals surface area contributed by atoms with E-state index in [2.05, 4.69) is 0 Å². The van der Waals surface area contributed by atoms with E-state index in [9.17, 15) is 24.8 Å². The summed E-state index contributed by atoms with van der Waals surface area (Å²) >= 11 is 0. The van der Waals surface area contributed by atoms with E-state index in [-0.39, 0.29) is 16.8 Å². The van der Waals surface area contributed by atoms with Gasteiger partial charge in [-0.1, -0.05) is 38.1 Å². The van der Waals surface area contributed by atoms with Gasteiger partial charge in [-0.3, -0.25) is 19.7 Å². The molecule has 1 unspecified atom stereocenters. The number of ketones is 1. The van der Waals surface area contributed by atoms with Gasteiger partial charge in [-0.2, -0.15) is 0 Å². The molecule has 0 aromatic heterocycles. The number of nitro groups is 1. The van der Waals surface area contributed by atoms with E-state index >= 15 is 0 Å². The monoisotopic (exact) mass is 424 g/mol. The topological polar surface area (TPSA) is 110 Å². The summed E-state index contributed by atoms with van der Waals surface area (Å²) in [6.07, 6.45) is 1.44. The molecular weight excluding hydrogens is 400 g/mol. The molecule has 0 spiro atoms. The number of Topliss-reactive ketones (excluding diaryl/α,β-unsaturated/α-hetero) is 1. The van der Waals surface area contributed by atoms with Gasteiger partial charge in [-0.25, -0.2) is 0 Å². The van der Waals surface area contributed by atoms with Crippen LogP contribution in [0.15, 0.2) is 54.1 Å². The Balaban J connectivity index is 2.15. The lowest BCUT2D eigenvalue weighted by Gasteiger charge is -2.25. The molecule has 1 heterocycles. The number of aliphatic hydroxyl groups is 1. The first-order valence-electron chi connectivity index (χ1n) is 10.1. The number of non-ortho nitro benzene ring substituents is 1. The van der Waals surface area contributed by atoms with Crippen LogP contribution in [-0.4, -0.2) is 39.8 Å². The Kier molecular flexibility index (Phi) is 6.69. The normalized spacial score (nSPS) is 17.7. The van der Waals surface area contributed by atoms with Crippen LogP contribution in [0.1, 0.15) is 43.9 Å². The van der Waals surface area contributed by atoms with Crippen molar-refractivity contribution in [3.8, 4) is 5.75 Å². The summed E-state index contributed by atoms with van der Waals surface area (Å²) < 4.78 is 5.68. The third kappa shape index (κ3) is 4.42. The third-order valence-corrected chi connectivity index (χ3v) is 4.98. The van der Waals surface area contributed by atoms with Gasteiger partial charge >= 0.3 is 0 Å². The summed E-state index contributed by atoms with van der Waals surface area (Å²) in [5, 5.41) is 22.1. The highest BCUT2D eigenvalue weighted by molar-refractivity contribution is 6.46. The molecule has 1 N–H and O–H groups in total. The number of benzene rings is 2. The summed E-state index contributed by atoms with van der Waals surface area (Å²) in [6.45, 7) is 4.71. The molecule has 1 amide bonds. The van der Waals surface area contributed by atoms with Crippen LogP contribution in [-0.2, 0) is 9.59 Å². The lowest BCUT2D eigenvalue weighted by atomic mass is 9.95. The van der Waals surface area contributed by atoms with Gasteiger partial charge in [0.25, 0.3) is 17.4 Å². The van der Waals surface area contributed by atoms with Crippen LogP contribution in [0.3, 0.4) is 0 Å². The van der Waals surface area contributed by atoms with Gasteiger partial charge in [0.2, 0.25) is 0 Å². The smallest absolute Gasteiger partial charge is 0.295 e. The predicted molar refractivity (Wildman–Crippen MR) is 115 cm³/mol.